The van der Waals surface area contributed by atoms with Crippen molar-refractivity contribution in [2.75, 3.05) is 18.4 Å². The number of carbonyl (C=O) groups excluding carboxylic acids is 2. The number of alkyl halides is 3. The average Bonchev–Trinajstić information content (AvgIpc) is 3.38. The van der Waals surface area contributed by atoms with Crippen molar-refractivity contribution < 1.29 is 37.8 Å². The van der Waals surface area contributed by atoms with Gasteiger partial charge in [0.25, 0.3) is 11.8 Å². The van der Waals surface area contributed by atoms with Gasteiger partial charge in [-0.3, -0.25) is 9.59 Å². The summed E-state index contributed by atoms with van der Waals surface area (Å²) in [5, 5.41) is 27.4. The first-order chi connectivity index (χ1) is 17.5. The number of benzene rings is 1. The molecule has 5 N–H and O–H groups in total. The quantitative estimate of drug-likeness (QED) is 0.234. The number of aromatic nitrogens is 2. The molecule has 3 aromatic rings. The van der Waals surface area contributed by atoms with Crippen LogP contribution in [0.4, 0.5) is 19.1 Å². The number of nitrogens with zero attached hydrogens (tertiary/aromatic N) is 2. The highest BCUT2D eigenvalue weighted by molar-refractivity contribution is 7.12. The molecule has 37 heavy (non-hydrogen) atoms. The third kappa shape index (κ3) is 7.90. The number of nitrogens with one attached hydrogen (secondary N) is 3. The number of carboxylic acid groups (broad SMARTS) is 1. The lowest BCUT2D eigenvalue weighted by Crippen LogP contribution is -2.48. The lowest BCUT2D eigenvalue weighted by Gasteiger charge is -2.17. The van der Waals surface area contributed by atoms with E-state index < -0.39 is 47.8 Å². The summed E-state index contributed by atoms with van der Waals surface area (Å²) in [6, 6.07) is 7.98. The number of thiophene rings is 1. The molecular formula is C23H22F3N5O5S. The molecule has 0 aliphatic heterocycles. The molecule has 10 nitrogen and oxygen atoms in total. The second-order valence-corrected chi connectivity index (χ2v) is 8.65. The van der Waals surface area contributed by atoms with E-state index in [0.29, 0.717) is 23.9 Å². The molecule has 1 atom stereocenters. The molecule has 2 heterocycles. The van der Waals surface area contributed by atoms with E-state index in [4.69, 9.17) is 0 Å². The minimum atomic E-state index is -5.03. The van der Waals surface area contributed by atoms with Crippen molar-refractivity contribution >= 4 is 35.1 Å². The number of aryl methyl sites for hydroxylation is 1. The van der Waals surface area contributed by atoms with Gasteiger partial charge >= 0.3 is 12.1 Å². The van der Waals surface area contributed by atoms with Crippen LogP contribution in [0.15, 0.2) is 48.0 Å². The van der Waals surface area contributed by atoms with E-state index in [-0.39, 0.29) is 18.2 Å². The van der Waals surface area contributed by atoms with Crippen molar-refractivity contribution in [2.24, 2.45) is 0 Å². The molecule has 0 unspecified atom stereocenters. The van der Waals surface area contributed by atoms with Crippen LogP contribution in [0.1, 0.15) is 37.7 Å². The molecular weight excluding hydrogens is 515 g/mol. The van der Waals surface area contributed by atoms with Gasteiger partial charge in [-0.1, -0.05) is 18.2 Å². The summed E-state index contributed by atoms with van der Waals surface area (Å²) in [5.41, 5.74) is -1.67. The first-order valence-electron chi connectivity index (χ1n) is 10.9. The smallest absolute Gasteiger partial charge is 0.434 e. The van der Waals surface area contributed by atoms with Crippen LogP contribution in [0.25, 0.3) is 0 Å². The van der Waals surface area contributed by atoms with Crippen molar-refractivity contribution in [3.8, 4) is 5.75 Å². The standard InChI is InChI=1S/C23H22F3N5O5S/c24-23(25,26)18-15(11-29-22(31-18)27-8-2-5-13-4-1-6-14(32)10-13)19(33)30-16(21(35)36)12-28-20(34)17-7-3-9-37-17/h1,3-4,6-7,9-11,16,32H,2,5,8,12H2,(H,28,34)(H,30,33)(H,35,36)(H,27,29,31)/t16-/m0/s1. The lowest BCUT2D eigenvalue weighted by molar-refractivity contribution is -0.141. The van der Waals surface area contributed by atoms with Crippen molar-refractivity contribution in [1.29, 1.82) is 0 Å². The minimum Gasteiger partial charge on any atom is -0.508 e. The highest BCUT2D eigenvalue weighted by Gasteiger charge is 2.39. The van der Waals surface area contributed by atoms with Gasteiger partial charge in [-0.2, -0.15) is 13.2 Å². The highest BCUT2D eigenvalue weighted by Crippen LogP contribution is 2.31. The Morgan fingerprint density at radius 2 is 1.89 bits per heavy atom. The third-order valence-electron chi connectivity index (χ3n) is 4.95. The Morgan fingerprint density at radius 1 is 1.11 bits per heavy atom. The minimum absolute atomic E-state index is 0.104. The second kappa shape index (κ2) is 12.2. The topological polar surface area (TPSA) is 154 Å². The van der Waals surface area contributed by atoms with E-state index in [1.807, 2.05) is 5.32 Å². The predicted octanol–water partition coefficient (Wildman–Crippen LogP) is 2.92. The Morgan fingerprint density at radius 3 is 2.54 bits per heavy atom. The van der Waals surface area contributed by atoms with Gasteiger partial charge in [-0.05, 0) is 42.0 Å². The SMILES string of the molecule is O=C(NC[C@H](NC(=O)c1cnc(NCCCc2cccc(O)c2)nc1C(F)(F)F)C(=O)O)c1cccs1. The van der Waals surface area contributed by atoms with Crippen molar-refractivity contribution in [2.45, 2.75) is 25.1 Å². The fourth-order valence-corrected chi connectivity index (χ4v) is 3.82. The molecule has 0 bridgehead atoms. The van der Waals surface area contributed by atoms with Crippen LogP contribution in [-0.4, -0.2) is 57.1 Å². The van der Waals surface area contributed by atoms with Crippen LogP contribution in [0, 0.1) is 0 Å². The molecule has 3 rings (SSSR count). The van der Waals surface area contributed by atoms with Gasteiger partial charge < -0.3 is 26.2 Å². The largest absolute Gasteiger partial charge is 0.508 e. The molecule has 0 spiro atoms. The lowest BCUT2D eigenvalue weighted by atomic mass is 10.1. The molecule has 0 saturated heterocycles. The summed E-state index contributed by atoms with van der Waals surface area (Å²) in [4.78, 5) is 43.6. The second-order valence-electron chi connectivity index (χ2n) is 7.71. The molecule has 2 aromatic heterocycles. The van der Waals surface area contributed by atoms with E-state index in [1.165, 1.54) is 12.1 Å². The molecule has 1 aromatic carbocycles. The number of hydrogen-bond donors (Lipinski definition) is 5. The number of anilines is 1. The predicted molar refractivity (Wildman–Crippen MR) is 127 cm³/mol. The number of rotatable bonds is 11. The van der Waals surface area contributed by atoms with E-state index in [9.17, 15) is 37.8 Å². The Balaban J connectivity index is 1.64. The van der Waals surface area contributed by atoms with Crippen molar-refractivity contribution in [3.63, 3.8) is 0 Å². The number of aliphatic carboxylic acids is 1. The zero-order valence-electron chi connectivity index (χ0n) is 19.1. The Bertz CT molecular complexity index is 1250. The number of halogens is 3. The zero-order valence-corrected chi connectivity index (χ0v) is 19.9. The molecule has 2 amide bonds. The summed E-state index contributed by atoms with van der Waals surface area (Å²) in [5.74, 6) is -3.76. The normalized spacial score (nSPS) is 12.0. The first kappa shape index (κ1) is 27.4. The molecule has 0 aliphatic carbocycles. The van der Waals surface area contributed by atoms with E-state index in [0.717, 1.165) is 16.9 Å². The fraction of sp³-hybridized carbons (Fsp3) is 0.261. The van der Waals surface area contributed by atoms with E-state index >= 15 is 0 Å². The van der Waals surface area contributed by atoms with Crippen molar-refractivity contribution in [3.05, 3.63) is 69.7 Å². The Labute approximate surface area is 212 Å². The fourth-order valence-electron chi connectivity index (χ4n) is 3.18. The van der Waals surface area contributed by atoms with Gasteiger partial charge in [-0.25, -0.2) is 14.8 Å². The maximum atomic E-state index is 13.6. The summed E-state index contributed by atoms with van der Waals surface area (Å²) >= 11 is 1.11. The van der Waals surface area contributed by atoms with Gasteiger partial charge in [0.1, 0.15) is 11.8 Å². The summed E-state index contributed by atoms with van der Waals surface area (Å²) in [7, 11) is 0. The maximum Gasteiger partial charge on any atom is 0.434 e. The number of hydrogen-bond acceptors (Lipinski definition) is 8. The van der Waals surface area contributed by atoms with Gasteiger partial charge in [0.15, 0.2) is 5.69 Å². The zero-order chi connectivity index (χ0) is 27.0. The van der Waals surface area contributed by atoms with E-state index in [2.05, 4.69) is 20.6 Å². The monoisotopic (exact) mass is 537 g/mol. The maximum absolute atomic E-state index is 13.6. The van der Waals surface area contributed by atoms with Crippen LogP contribution in [0.5, 0.6) is 5.75 Å². The summed E-state index contributed by atoms with van der Waals surface area (Å²) in [6.45, 7) is -0.345. The number of phenolic OH excluding ortho intramolecular Hbond substituents is 1. The van der Waals surface area contributed by atoms with Crippen LogP contribution in [-0.2, 0) is 17.4 Å². The van der Waals surface area contributed by atoms with Crippen LogP contribution in [0.3, 0.4) is 0 Å². The highest BCUT2D eigenvalue weighted by atomic mass is 32.1. The number of carboxylic acids is 1. The first-order valence-corrected chi connectivity index (χ1v) is 11.7. The van der Waals surface area contributed by atoms with Gasteiger partial charge in [0.05, 0.1) is 10.4 Å². The molecule has 0 fully saturated rings. The van der Waals surface area contributed by atoms with Gasteiger partial charge in [0, 0.05) is 19.3 Å². The number of carbonyl (C=O) groups is 3. The Hall–Kier alpha value is -4.20. The molecule has 14 heteroatoms. The van der Waals surface area contributed by atoms with Crippen LogP contribution < -0.4 is 16.0 Å². The molecule has 196 valence electrons. The number of amides is 2. The van der Waals surface area contributed by atoms with E-state index in [1.54, 1.807) is 29.6 Å². The molecule has 0 radical (unpaired) electrons. The third-order valence-corrected chi connectivity index (χ3v) is 5.82. The van der Waals surface area contributed by atoms with Crippen LogP contribution in [0.2, 0.25) is 0 Å². The number of aromatic hydroxyl groups is 1. The van der Waals surface area contributed by atoms with Crippen LogP contribution >= 0.6 is 11.3 Å². The van der Waals surface area contributed by atoms with Gasteiger partial charge in [0.2, 0.25) is 5.95 Å². The molecule has 0 aliphatic rings. The Kier molecular flexibility index (Phi) is 9.00. The van der Waals surface area contributed by atoms with Gasteiger partial charge in [-0.15, -0.1) is 11.3 Å². The molecule has 0 saturated carbocycles. The summed E-state index contributed by atoms with van der Waals surface area (Å²) < 4.78 is 40.9. The average molecular weight is 538 g/mol. The number of phenols is 1. The summed E-state index contributed by atoms with van der Waals surface area (Å²) in [6.07, 6.45) is -3.34. The van der Waals surface area contributed by atoms with Crippen molar-refractivity contribution in [1.82, 2.24) is 20.6 Å².